The first-order valence-corrected chi connectivity index (χ1v) is 7.01. The van der Waals surface area contributed by atoms with Crippen LogP contribution in [0.25, 0.3) is 0 Å². The quantitative estimate of drug-likeness (QED) is 0.627. The molecule has 0 amide bonds. The number of hydrogen-bond donors (Lipinski definition) is 0. The number of carbonyl (C=O) groups is 1. The molecular formula is C14H20O2. The zero-order chi connectivity index (χ0) is 10.8. The molecule has 4 fully saturated rings. The van der Waals surface area contributed by atoms with Crippen LogP contribution in [0.5, 0.6) is 0 Å². The van der Waals surface area contributed by atoms with E-state index < -0.39 is 0 Å². The number of Topliss-reactive ketones (excluding diaryl/α,β-unsaturated/α-hetero) is 1. The van der Waals surface area contributed by atoms with Gasteiger partial charge in [-0.05, 0) is 38.0 Å². The van der Waals surface area contributed by atoms with Crippen molar-refractivity contribution in [1.82, 2.24) is 0 Å². The number of fused-ring (bicyclic) bond motifs is 1. The average molecular weight is 220 g/mol. The van der Waals surface area contributed by atoms with Gasteiger partial charge >= 0.3 is 0 Å². The van der Waals surface area contributed by atoms with E-state index in [1.807, 2.05) is 0 Å². The minimum Gasteiger partial charge on any atom is -0.363 e. The molecule has 0 unspecified atom stereocenters. The van der Waals surface area contributed by atoms with Gasteiger partial charge in [0.1, 0.15) is 6.10 Å². The molecule has 88 valence electrons. The van der Waals surface area contributed by atoms with Gasteiger partial charge in [0.25, 0.3) is 0 Å². The van der Waals surface area contributed by atoms with Gasteiger partial charge in [-0.25, -0.2) is 0 Å². The van der Waals surface area contributed by atoms with E-state index in [1.54, 1.807) is 0 Å². The Morgan fingerprint density at radius 3 is 2.62 bits per heavy atom. The summed E-state index contributed by atoms with van der Waals surface area (Å²) in [6.45, 7) is 0. The first kappa shape index (κ1) is 9.64. The van der Waals surface area contributed by atoms with E-state index in [-0.39, 0.29) is 17.1 Å². The Hall–Kier alpha value is -0.370. The van der Waals surface area contributed by atoms with Gasteiger partial charge in [-0.3, -0.25) is 4.79 Å². The van der Waals surface area contributed by atoms with Crippen LogP contribution in [0.3, 0.4) is 0 Å². The normalized spacial score (nSPS) is 48.9. The van der Waals surface area contributed by atoms with E-state index >= 15 is 0 Å². The first-order chi connectivity index (χ1) is 7.79. The lowest BCUT2D eigenvalue weighted by Crippen LogP contribution is -2.54. The molecule has 16 heavy (non-hydrogen) atoms. The summed E-state index contributed by atoms with van der Waals surface area (Å²) in [6.07, 6.45) is 10.9. The maximum atomic E-state index is 12.5. The fourth-order valence-electron chi connectivity index (χ4n) is 5.31. The summed E-state index contributed by atoms with van der Waals surface area (Å²) in [5.74, 6) is 1.20. The highest BCUT2D eigenvalue weighted by molar-refractivity contribution is 5.94. The molecule has 2 aliphatic heterocycles. The molecule has 4 rings (SSSR count). The van der Waals surface area contributed by atoms with E-state index in [2.05, 4.69) is 0 Å². The fourth-order valence-corrected chi connectivity index (χ4v) is 5.31. The second-order valence-corrected chi connectivity index (χ2v) is 6.33. The van der Waals surface area contributed by atoms with Gasteiger partial charge in [0.05, 0.1) is 11.0 Å². The number of hydrogen-bond acceptors (Lipinski definition) is 2. The van der Waals surface area contributed by atoms with E-state index in [1.165, 1.54) is 38.5 Å². The van der Waals surface area contributed by atoms with Crippen LogP contribution in [0.2, 0.25) is 0 Å². The largest absolute Gasteiger partial charge is 0.363 e. The van der Waals surface area contributed by atoms with Gasteiger partial charge in [-0.15, -0.1) is 0 Å². The Morgan fingerprint density at radius 2 is 1.81 bits per heavy atom. The molecule has 3 atom stereocenters. The summed E-state index contributed by atoms with van der Waals surface area (Å²) < 4.78 is 6.26. The molecule has 0 N–H and O–H groups in total. The Labute approximate surface area is 96.7 Å². The first-order valence-electron chi connectivity index (χ1n) is 7.01. The number of rotatable bonds is 0. The summed E-state index contributed by atoms with van der Waals surface area (Å²) in [5.41, 5.74) is -0.0233. The molecule has 2 bridgehead atoms. The smallest absolute Gasteiger partial charge is 0.170 e. The van der Waals surface area contributed by atoms with Crippen LogP contribution in [-0.2, 0) is 9.53 Å². The molecule has 2 heteroatoms. The van der Waals surface area contributed by atoms with Crippen molar-refractivity contribution in [2.45, 2.75) is 69.5 Å². The van der Waals surface area contributed by atoms with Crippen molar-refractivity contribution in [3.8, 4) is 0 Å². The zero-order valence-corrected chi connectivity index (χ0v) is 9.84. The Morgan fingerprint density at radius 1 is 1.06 bits per heavy atom. The molecule has 2 nitrogen and oxygen atoms in total. The second-order valence-electron chi connectivity index (χ2n) is 6.33. The average Bonchev–Trinajstić information content (AvgIpc) is 2.97. The van der Waals surface area contributed by atoms with Gasteiger partial charge in [0, 0.05) is 0 Å². The number of ketones is 1. The molecule has 4 aliphatic rings. The van der Waals surface area contributed by atoms with Crippen LogP contribution in [-0.4, -0.2) is 17.5 Å². The molecule has 0 aromatic carbocycles. The predicted molar refractivity (Wildman–Crippen MR) is 60.1 cm³/mol. The maximum Gasteiger partial charge on any atom is 0.170 e. The summed E-state index contributed by atoms with van der Waals surface area (Å²) in [4.78, 5) is 12.5. The third-order valence-corrected chi connectivity index (χ3v) is 5.89. The minimum absolute atomic E-state index is 0.00347. The van der Waals surface area contributed by atoms with E-state index in [0.717, 1.165) is 19.3 Å². The molecule has 2 saturated heterocycles. The fraction of sp³-hybridized carbons (Fsp3) is 0.929. The summed E-state index contributed by atoms with van der Waals surface area (Å²) in [6, 6.07) is 0. The van der Waals surface area contributed by atoms with Crippen molar-refractivity contribution in [1.29, 1.82) is 0 Å². The van der Waals surface area contributed by atoms with Gasteiger partial charge in [-0.2, -0.15) is 0 Å². The van der Waals surface area contributed by atoms with Crippen molar-refractivity contribution in [2.75, 3.05) is 0 Å². The lowest BCUT2D eigenvalue weighted by Gasteiger charge is -2.48. The van der Waals surface area contributed by atoms with Crippen molar-refractivity contribution in [2.24, 2.45) is 11.3 Å². The monoisotopic (exact) mass is 220 g/mol. The van der Waals surface area contributed by atoms with Crippen molar-refractivity contribution >= 4 is 5.78 Å². The van der Waals surface area contributed by atoms with E-state index in [9.17, 15) is 4.79 Å². The van der Waals surface area contributed by atoms with Crippen LogP contribution in [0.4, 0.5) is 0 Å². The highest BCUT2D eigenvalue weighted by Gasteiger charge is 2.72. The maximum absolute atomic E-state index is 12.5. The summed E-state index contributed by atoms with van der Waals surface area (Å²) >= 11 is 0. The highest BCUT2D eigenvalue weighted by Crippen LogP contribution is 2.66. The van der Waals surface area contributed by atoms with Crippen LogP contribution >= 0.6 is 0 Å². The van der Waals surface area contributed by atoms with Crippen LogP contribution in [0, 0.1) is 11.3 Å². The van der Waals surface area contributed by atoms with Gasteiger partial charge in [0.15, 0.2) is 5.78 Å². The van der Waals surface area contributed by atoms with Gasteiger partial charge in [0.2, 0.25) is 0 Å². The SMILES string of the molecule is O=C1[C@H]2C[C@@H]3CCCC[C@@]3(O2)C12CCCC2. The van der Waals surface area contributed by atoms with Crippen LogP contribution < -0.4 is 0 Å². The Kier molecular flexibility index (Phi) is 1.75. The zero-order valence-electron chi connectivity index (χ0n) is 9.84. The summed E-state index contributed by atoms with van der Waals surface area (Å²) in [5, 5.41) is 0. The molecule has 0 radical (unpaired) electrons. The third-order valence-electron chi connectivity index (χ3n) is 5.89. The predicted octanol–water partition coefficient (Wildman–Crippen LogP) is 2.85. The lowest BCUT2D eigenvalue weighted by molar-refractivity contribution is -0.135. The Balaban J connectivity index is 1.83. The van der Waals surface area contributed by atoms with Crippen molar-refractivity contribution in [3.05, 3.63) is 0 Å². The number of carbonyl (C=O) groups excluding carboxylic acids is 1. The van der Waals surface area contributed by atoms with Gasteiger partial charge < -0.3 is 4.74 Å². The van der Waals surface area contributed by atoms with Gasteiger partial charge in [-0.1, -0.05) is 25.7 Å². The molecule has 2 heterocycles. The molecular weight excluding hydrogens is 200 g/mol. The van der Waals surface area contributed by atoms with Crippen molar-refractivity contribution < 1.29 is 9.53 Å². The minimum atomic E-state index is -0.0268. The molecule has 2 spiro atoms. The topological polar surface area (TPSA) is 26.3 Å². The second kappa shape index (κ2) is 2.90. The van der Waals surface area contributed by atoms with Crippen LogP contribution in [0.15, 0.2) is 0 Å². The Bertz CT molecular complexity index is 343. The van der Waals surface area contributed by atoms with E-state index in [4.69, 9.17) is 4.74 Å². The summed E-state index contributed by atoms with van der Waals surface area (Å²) in [7, 11) is 0. The highest BCUT2D eigenvalue weighted by atomic mass is 16.5. The molecule has 0 aromatic heterocycles. The number of ether oxygens (including phenoxy) is 1. The molecule has 2 aliphatic carbocycles. The molecule has 0 aromatic rings. The van der Waals surface area contributed by atoms with E-state index in [0.29, 0.717) is 11.7 Å². The lowest BCUT2D eigenvalue weighted by atomic mass is 9.55. The standard InChI is InChI=1S/C14H20O2/c15-12-11-9-10-5-1-2-8-14(10,16-11)13(12)6-3-4-7-13/h10-11H,1-9H2/t10-,11+,14-/m0/s1. The third kappa shape index (κ3) is 0.848. The van der Waals surface area contributed by atoms with Crippen molar-refractivity contribution in [3.63, 3.8) is 0 Å². The molecule has 2 saturated carbocycles. The van der Waals surface area contributed by atoms with Crippen LogP contribution in [0.1, 0.15) is 57.8 Å².